The summed E-state index contributed by atoms with van der Waals surface area (Å²) >= 11 is 5.92. The lowest BCUT2D eigenvalue weighted by atomic mass is 10.2. The van der Waals surface area contributed by atoms with Crippen LogP contribution < -0.4 is 16.4 Å². The number of anilines is 1. The van der Waals surface area contributed by atoms with Gasteiger partial charge in [0.25, 0.3) is 0 Å². The molecule has 1 rings (SSSR count). The number of carbonyl (C=O) groups excluding carboxylic acids is 1. The van der Waals surface area contributed by atoms with E-state index in [-0.39, 0.29) is 0 Å². The molecule has 0 spiro atoms. The zero-order chi connectivity index (χ0) is 12.0. The first-order valence-corrected chi connectivity index (χ1v) is 4.98. The third-order valence-electron chi connectivity index (χ3n) is 1.84. The Morgan fingerprint density at radius 2 is 2.25 bits per heavy atom. The Hall–Kier alpha value is -1.93. The number of nitrogens with two attached hydrogens (primary N) is 1. The highest BCUT2D eigenvalue weighted by molar-refractivity contribution is 6.33. The van der Waals surface area contributed by atoms with Crippen molar-refractivity contribution in [3.8, 4) is 6.07 Å². The first-order valence-electron chi connectivity index (χ1n) is 4.60. The van der Waals surface area contributed by atoms with Crippen LogP contribution in [0.4, 0.5) is 10.5 Å². The Balaban J connectivity index is 2.49. The summed E-state index contributed by atoms with van der Waals surface area (Å²) in [7, 11) is 0. The summed E-state index contributed by atoms with van der Waals surface area (Å²) in [5, 5.41) is 14.6. The van der Waals surface area contributed by atoms with E-state index in [0.717, 1.165) is 0 Å². The number of nitriles is 1. The summed E-state index contributed by atoms with van der Waals surface area (Å²) < 4.78 is 0. The minimum atomic E-state index is -0.562. The molecule has 0 saturated heterocycles. The van der Waals surface area contributed by atoms with Crippen molar-refractivity contribution in [3.05, 3.63) is 28.8 Å². The molecule has 84 valence electrons. The van der Waals surface area contributed by atoms with Crippen LogP contribution in [0.3, 0.4) is 0 Å². The molecule has 16 heavy (non-hydrogen) atoms. The Bertz CT molecular complexity index is 427. The van der Waals surface area contributed by atoms with E-state index in [2.05, 4.69) is 10.6 Å². The normalized spacial score (nSPS) is 9.25. The lowest BCUT2D eigenvalue weighted by Crippen LogP contribution is -2.33. The number of urea groups is 1. The summed E-state index contributed by atoms with van der Waals surface area (Å²) in [6.45, 7) is 0.917. The van der Waals surface area contributed by atoms with E-state index in [1.54, 1.807) is 18.2 Å². The number of hydrogen-bond acceptors (Lipinski definition) is 3. The van der Waals surface area contributed by atoms with Crippen LogP contribution in [0.25, 0.3) is 0 Å². The number of benzene rings is 1. The molecular formula is C10H11ClN4O. The van der Waals surface area contributed by atoms with E-state index in [1.165, 1.54) is 0 Å². The van der Waals surface area contributed by atoms with Gasteiger partial charge in [0.05, 0.1) is 22.3 Å². The maximum Gasteiger partial charge on any atom is 0.312 e. The molecule has 0 saturated carbocycles. The molecule has 0 aliphatic rings. The molecule has 0 unspecified atom stereocenters. The molecular weight excluding hydrogens is 228 g/mol. The van der Waals surface area contributed by atoms with E-state index in [4.69, 9.17) is 22.6 Å². The van der Waals surface area contributed by atoms with Crippen LogP contribution in [0, 0.1) is 11.3 Å². The van der Waals surface area contributed by atoms with Gasteiger partial charge in [-0.1, -0.05) is 11.6 Å². The Kier molecular flexibility index (Phi) is 4.42. The molecule has 2 amide bonds. The molecule has 0 aromatic heterocycles. The highest BCUT2D eigenvalue weighted by Gasteiger charge is 2.00. The summed E-state index contributed by atoms with van der Waals surface area (Å²) in [6, 6.07) is 6.38. The van der Waals surface area contributed by atoms with Crippen LogP contribution in [0.1, 0.15) is 5.56 Å². The molecule has 1 aromatic carbocycles. The molecule has 0 heterocycles. The second-order valence-electron chi connectivity index (χ2n) is 3.02. The number of rotatable bonds is 4. The molecule has 5 nitrogen and oxygen atoms in total. The summed E-state index contributed by atoms with van der Waals surface area (Å²) in [4.78, 5) is 10.4. The third-order valence-corrected chi connectivity index (χ3v) is 2.15. The van der Waals surface area contributed by atoms with Gasteiger partial charge in [-0.3, -0.25) is 0 Å². The lowest BCUT2D eigenvalue weighted by molar-refractivity contribution is 0.249. The average Bonchev–Trinajstić information content (AvgIpc) is 2.25. The van der Waals surface area contributed by atoms with Crippen molar-refractivity contribution in [2.75, 3.05) is 18.4 Å². The second kappa shape index (κ2) is 5.83. The van der Waals surface area contributed by atoms with Crippen LogP contribution in [0.2, 0.25) is 5.02 Å². The number of hydrogen-bond donors (Lipinski definition) is 3. The van der Waals surface area contributed by atoms with Crippen molar-refractivity contribution in [1.29, 1.82) is 5.26 Å². The van der Waals surface area contributed by atoms with Crippen molar-refractivity contribution < 1.29 is 4.79 Å². The van der Waals surface area contributed by atoms with Gasteiger partial charge in [0.1, 0.15) is 0 Å². The van der Waals surface area contributed by atoms with Crippen LogP contribution in [-0.4, -0.2) is 19.1 Å². The molecule has 0 atom stereocenters. The third kappa shape index (κ3) is 3.67. The molecule has 6 heteroatoms. The van der Waals surface area contributed by atoms with Crippen LogP contribution in [-0.2, 0) is 0 Å². The fourth-order valence-electron chi connectivity index (χ4n) is 1.11. The minimum absolute atomic E-state index is 0.408. The number of halogens is 1. The molecule has 0 bridgehead atoms. The molecule has 0 radical (unpaired) electrons. The topological polar surface area (TPSA) is 90.9 Å². The van der Waals surface area contributed by atoms with Gasteiger partial charge in [-0.15, -0.1) is 0 Å². The smallest absolute Gasteiger partial charge is 0.312 e. The van der Waals surface area contributed by atoms with Gasteiger partial charge in [0, 0.05) is 13.1 Å². The summed E-state index contributed by atoms with van der Waals surface area (Å²) in [5.41, 5.74) is 6.12. The second-order valence-corrected chi connectivity index (χ2v) is 3.43. The number of carbonyl (C=O) groups is 1. The first-order chi connectivity index (χ1) is 7.63. The number of amides is 2. The monoisotopic (exact) mass is 238 g/mol. The van der Waals surface area contributed by atoms with E-state index >= 15 is 0 Å². The molecule has 1 aromatic rings. The van der Waals surface area contributed by atoms with Gasteiger partial charge in [0.15, 0.2) is 0 Å². The SMILES string of the molecule is N#Cc1ccc(NCCNC(N)=O)c(Cl)c1. The number of nitrogens with one attached hydrogen (secondary N) is 2. The van der Waals surface area contributed by atoms with Crippen molar-refractivity contribution in [2.45, 2.75) is 0 Å². The van der Waals surface area contributed by atoms with Gasteiger partial charge in [-0.25, -0.2) is 4.79 Å². The van der Waals surface area contributed by atoms with E-state index < -0.39 is 6.03 Å². The van der Waals surface area contributed by atoms with Gasteiger partial charge in [-0.2, -0.15) is 5.26 Å². The van der Waals surface area contributed by atoms with Crippen LogP contribution >= 0.6 is 11.6 Å². The van der Waals surface area contributed by atoms with Crippen molar-refractivity contribution in [2.24, 2.45) is 5.73 Å². The maximum absolute atomic E-state index is 10.4. The van der Waals surface area contributed by atoms with E-state index in [9.17, 15) is 4.79 Å². The molecule has 4 N–H and O–H groups in total. The molecule has 0 fully saturated rings. The van der Waals surface area contributed by atoms with E-state index in [0.29, 0.717) is 29.4 Å². The van der Waals surface area contributed by atoms with Crippen LogP contribution in [0.5, 0.6) is 0 Å². The molecule has 0 aliphatic carbocycles. The van der Waals surface area contributed by atoms with Gasteiger partial charge >= 0.3 is 6.03 Å². The van der Waals surface area contributed by atoms with Crippen molar-refractivity contribution in [3.63, 3.8) is 0 Å². The zero-order valence-corrected chi connectivity index (χ0v) is 9.21. The fourth-order valence-corrected chi connectivity index (χ4v) is 1.36. The largest absolute Gasteiger partial charge is 0.382 e. The van der Waals surface area contributed by atoms with Gasteiger partial charge in [0.2, 0.25) is 0 Å². The first kappa shape index (κ1) is 12.1. The highest BCUT2D eigenvalue weighted by Crippen LogP contribution is 2.22. The van der Waals surface area contributed by atoms with Gasteiger partial charge in [-0.05, 0) is 18.2 Å². The van der Waals surface area contributed by atoms with Crippen molar-refractivity contribution in [1.82, 2.24) is 5.32 Å². The highest BCUT2D eigenvalue weighted by atomic mass is 35.5. The molecule has 0 aliphatic heterocycles. The standard InChI is InChI=1S/C10H11ClN4O/c11-8-5-7(6-12)1-2-9(8)14-3-4-15-10(13)16/h1-2,5,14H,3-4H2,(H3,13,15,16). The number of nitrogens with zero attached hydrogens (tertiary/aromatic N) is 1. The Morgan fingerprint density at radius 1 is 1.50 bits per heavy atom. The predicted octanol–water partition coefficient (Wildman–Crippen LogP) is 1.29. The van der Waals surface area contributed by atoms with E-state index in [1.807, 2.05) is 6.07 Å². The Labute approximate surface area is 98.2 Å². The lowest BCUT2D eigenvalue weighted by Gasteiger charge is -2.08. The quantitative estimate of drug-likeness (QED) is 0.691. The summed E-state index contributed by atoms with van der Waals surface area (Å²) in [6.07, 6.45) is 0. The summed E-state index contributed by atoms with van der Waals surface area (Å²) in [5.74, 6) is 0. The van der Waals surface area contributed by atoms with Gasteiger partial charge < -0.3 is 16.4 Å². The predicted molar refractivity (Wildman–Crippen MR) is 62.2 cm³/mol. The zero-order valence-electron chi connectivity index (χ0n) is 8.46. The maximum atomic E-state index is 10.4. The Morgan fingerprint density at radius 3 is 2.81 bits per heavy atom. The fraction of sp³-hybridized carbons (Fsp3) is 0.200. The van der Waals surface area contributed by atoms with Crippen LogP contribution in [0.15, 0.2) is 18.2 Å². The average molecular weight is 239 g/mol. The van der Waals surface area contributed by atoms with Crippen molar-refractivity contribution >= 4 is 23.3 Å². The minimum Gasteiger partial charge on any atom is -0.382 e. The number of primary amides is 1.